The Morgan fingerprint density at radius 2 is 2.40 bits per heavy atom. The molecule has 0 aromatic heterocycles. The summed E-state index contributed by atoms with van der Waals surface area (Å²) in [5.41, 5.74) is 0. The van der Waals surface area contributed by atoms with Gasteiger partial charge in [0.15, 0.2) is 0 Å². The summed E-state index contributed by atoms with van der Waals surface area (Å²) < 4.78 is 0. The molecular weight excluding hydrogens is 128 g/mol. The molecule has 1 aliphatic rings. The maximum atomic E-state index is 10.9. The van der Waals surface area contributed by atoms with E-state index in [1.807, 2.05) is 0 Å². The van der Waals surface area contributed by atoms with Gasteiger partial charge in [-0.05, 0) is 6.42 Å². The minimum absolute atomic E-state index is 0.109. The van der Waals surface area contributed by atoms with Gasteiger partial charge < -0.3 is 4.90 Å². The Morgan fingerprint density at radius 3 is 2.80 bits per heavy atom. The third-order valence-corrected chi connectivity index (χ3v) is 1.73. The summed E-state index contributed by atoms with van der Waals surface area (Å²) in [6.45, 7) is 2.43. The maximum absolute atomic E-state index is 10.9. The molecule has 1 saturated heterocycles. The Balaban J connectivity index is 2.68. The first-order chi connectivity index (χ1) is 4.75. The molecule has 0 radical (unpaired) electrons. The average molecular weight is 140 g/mol. The van der Waals surface area contributed by atoms with Crippen LogP contribution in [0.5, 0.6) is 0 Å². The van der Waals surface area contributed by atoms with Crippen LogP contribution in [0.3, 0.4) is 0 Å². The van der Waals surface area contributed by atoms with E-state index in [1.165, 1.54) is 0 Å². The second-order valence-corrected chi connectivity index (χ2v) is 2.41. The normalized spacial score (nSPS) is 22.2. The zero-order valence-corrected chi connectivity index (χ0v) is 6.42. The summed E-state index contributed by atoms with van der Waals surface area (Å²) in [5.74, 6) is 1.05. The van der Waals surface area contributed by atoms with Crippen molar-refractivity contribution in [1.29, 1.82) is 0 Å². The van der Waals surface area contributed by atoms with Gasteiger partial charge in [-0.15, -0.1) is 0 Å². The predicted octanol–water partition coefficient (Wildman–Crippen LogP) is 0.657. The topological polar surface area (TPSA) is 32.7 Å². The number of hydrogen-bond acceptors (Lipinski definition) is 2. The van der Waals surface area contributed by atoms with Crippen LogP contribution in [0.25, 0.3) is 0 Å². The molecule has 1 amide bonds. The van der Waals surface area contributed by atoms with Crippen molar-refractivity contribution in [3.05, 3.63) is 0 Å². The van der Waals surface area contributed by atoms with Gasteiger partial charge in [-0.3, -0.25) is 9.79 Å². The van der Waals surface area contributed by atoms with Gasteiger partial charge in [0.2, 0.25) is 5.91 Å². The van der Waals surface area contributed by atoms with E-state index in [9.17, 15) is 4.79 Å². The Morgan fingerprint density at radius 1 is 1.70 bits per heavy atom. The standard InChI is InChI=1S/C7H12N2O/c1-6(10)9-5-3-4-7(9)8-2/h3-5H2,1-2H3. The van der Waals surface area contributed by atoms with Crippen molar-refractivity contribution in [2.45, 2.75) is 19.8 Å². The van der Waals surface area contributed by atoms with E-state index in [0.717, 1.165) is 25.2 Å². The van der Waals surface area contributed by atoms with Crippen molar-refractivity contribution in [3.8, 4) is 0 Å². The number of carbonyl (C=O) groups excluding carboxylic acids is 1. The fraction of sp³-hybridized carbons (Fsp3) is 0.714. The third-order valence-electron chi connectivity index (χ3n) is 1.73. The SMILES string of the molecule is CN=C1CCCN1C(C)=O. The molecule has 0 atom stereocenters. The Kier molecular flexibility index (Phi) is 2.04. The van der Waals surface area contributed by atoms with Crippen LogP contribution < -0.4 is 0 Å². The summed E-state index contributed by atoms with van der Waals surface area (Å²) in [6.07, 6.45) is 2.02. The van der Waals surface area contributed by atoms with Crippen LogP contribution in [-0.2, 0) is 4.79 Å². The fourth-order valence-electron chi connectivity index (χ4n) is 1.23. The highest BCUT2D eigenvalue weighted by molar-refractivity contribution is 5.98. The van der Waals surface area contributed by atoms with Crippen molar-refractivity contribution in [2.24, 2.45) is 4.99 Å². The van der Waals surface area contributed by atoms with Gasteiger partial charge in [-0.1, -0.05) is 0 Å². The van der Waals surface area contributed by atoms with Crippen LogP contribution in [0.15, 0.2) is 4.99 Å². The van der Waals surface area contributed by atoms with E-state index in [-0.39, 0.29) is 5.91 Å². The Labute approximate surface area is 60.7 Å². The molecule has 0 saturated carbocycles. The molecule has 0 N–H and O–H groups in total. The zero-order chi connectivity index (χ0) is 7.56. The molecule has 0 spiro atoms. The molecule has 3 nitrogen and oxygen atoms in total. The second-order valence-electron chi connectivity index (χ2n) is 2.41. The quantitative estimate of drug-likeness (QED) is 0.486. The maximum Gasteiger partial charge on any atom is 0.224 e. The van der Waals surface area contributed by atoms with E-state index in [0.29, 0.717) is 0 Å². The first-order valence-corrected chi connectivity index (χ1v) is 3.49. The molecule has 1 heterocycles. The minimum atomic E-state index is 0.109. The highest BCUT2D eigenvalue weighted by atomic mass is 16.2. The van der Waals surface area contributed by atoms with Gasteiger partial charge in [0, 0.05) is 26.9 Å². The van der Waals surface area contributed by atoms with Crippen molar-refractivity contribution >= 4 is 11.7 Å². The number of carbonyl (C=O) groups is 1. The van der Waals surface area contributed by atoms with Gasteiger partial charge in [0.05, 0.1) is 0 Å². The number of likely N-dealkylation sites (tertiary alicyclic amines) is 1. The smallest absolute Gasteiger partial charge is 0.224 e. The number of aliphatic imine (C=N–C) groups is 1. The number of amidine groups is 1. The van der Waals surface area contributed by atoms with Crippen molar-refractivity contribution < 1.29 is 4.79 Å². The van der Waals surface area contributed by atoms with Crippen LogP contribution in [-0.4, -0.2) is 30.2 Å². The van der Waals surface area contributed by atoms with Gasteiger partial charge >= 0.3 is 0 Å². The molecule has 0 aliphatic carbocycles. The van der Waals surface area contributed by atoms with Gasteiger partial charge in [0.1, 0.15) is 5.84 Å². The molecule has 56 valence electrons. The third kappa shape index (κ3) is 1.17. The van der Waals surface area contributed by atoms with Crippen molar-refractivity contribution in [1.82, 2.24) is 4.90 Å². The molecule has 3 heteroatoms. The molecule has 1 aliphatic heterocycles. The van der Waals surface area contributed by atoms with Crippen LogP contribution in [0, 0.1) is 0 Å². The molecule has 0 aromatic rings. The van der Waals surface area contributed by atoms with Gasteiger partial charge in [-0.25, -0.2) is 0 Å². The summed E-state index contributed by atoms with van der Waals surface area (Å²) in [6, 6.07) is 0. The lowest BCUT2D eigenvalue weighted by Gasteiger charge is -2.12. The van der Waals surface area contributed by atoms with Crippen LogP contribution >= 0.6 is 0 Å². The van der Waals surface area contributed by atoms with E-state index in [2.05, 4.69) is 4.99 Å². The summed E-state index contributed by atoms with van der Waals surface area (Å²) >= 11 is 0. The van der Waals surface area contributed by atoms with E-state index < -0.39 is 0 Å². The fourth-order valence-corrected chi connectivity index (χ4v) is 1.23. The molecule has 1 fully saturated rings. The van der Waals surface area contributed by atoms with E-state index >= 15 is 0 Å². The molecule has 0 bridgehead atoms. The zero-order valence-electron chi connectivity index (χ0n) is 6.42. The van der Waals surface area contributed by atoms with Crippen LogP contribution in [0.1, 0.15) is 19.8 Å². The monoisotopic (exact) mass is 140 g/mol. The summed E-state index contributed by atoms with van der Waals surface area (Å²) in [5, 5.41) is 0. The van der Waals surface area contributed by atoms with Crippen LogP contribution in [0.4, 0.5) is 0 Å². The lowest BCUT2D eigenvalue weighted by molar-refractivity contribution is -0.124. The number of rotatable bonds is 0. The Bertz CT molecular complexity index is 174. The van der Waals surface area contributed by atoms with Gasteiger partial charge in [-0.2, -0.15) is 0 Å². The largest absolute Gasteiger partial charge is 0.301 e. The first-order valence-electron chi connectivity index (χ1n) is 3.49. The minimum Gasteiger partial charge on any atom is -0.301 e. The molecule has 0 aromatic carbocycles. The average Bonchev–Trinajstić information content (AvgIpc) is 2.33. The highest BCUT2D eigenvalue weighted by Crippen LogP contribution is 2.10. The first kappa shape index (κ1) is 7.25. The van der Waals surface area contributed by atoms with Crippen LogP contribution in [0.2, 0.25) is 0 Å². The summed E-state index contributed by atoms with van der Waals surface area (Å²) in [7, 11) is 1.73. The lowest BCUT2D eigenvalue weighted by Crippen LogP contribution is -2.29. The molecule has 0 unspecified atom stereocenters. The van der Waals surface area contributed by atoms with Gasteiger partial charge in [0.25, 0.3) is 0 Å². The van der Waals surface area contributed by atoms with Crippen molar-refractivity contribution in [2.75, 3.05) is 13.6 Å². The van der Waals surface area contributed by atoms with E-state index in [4.69, 9.17) is 0 Å². The number of nitrogens with zero attached hydrogens (tertiary/aromatic N) is 2. The summed E-state index contributed by atoms with van der Waals surface area (Å²) in [4.78, 5) is 16.6. The molecule has 10 heavy (non-hydrogen) atoms. The highest BCUT2D eigenvalue weighted by Gasteiger charge is 2.20. The second kappa shape index (κ2) is 2.82. The number of amides is 1. The van der Waals surface area contributed by atoms with Crippen molar-refractivity contribution in [3.63, 3.8) is 0 Å². The molecule has 1 rings (SSSR count). The number of hydrogen-bond donors (Lipinski definition) is 0. The Hall–Kier alpha value is -0.860. The molecular formula is C7H12N2O. The predicted molar refractivity (Wildman–Crippen MR) is 40.0 cm³/mol. The van der Waals surface area contributed by atoms with E-state index in [1.54, 1.807) is 18.9 Å². The lowest BCUT2D eigenvalue weighted by atomic mass is 10.4.